The average Bonchev–Trinajstić information content (AvgIpc) is 3.43. The number of benzene rings is 2. The Kier molecular flexibility index (Phi) is 6.44. The second kappa shape index (κ2) is 8.94. The first kappa shape index (κ1) is 22.3. The predicted octanol–water partition coefficient (Wildman–Crippen LogP) is 4.09. The fraction of sp³-hybridized carbons (Fsp3) is 0.364. The molecule has 0 saturated heterocycles. The van der Waals surface area contributed by atoms with Crippen LogP contribution in [0.25, 0.3) is 0 Å². The lowest BCUT2D eigenvalue weighted by atomic mass is 9.89. The Morgan fingerprint density at radius 1 is 1.26 bits per heavy atom. The maximum Gasteiger partial charge on any atom is 0.241 e. The van der Waals surface area contributed by atoms with Crippen LogP contribution in [0.4, 0.5) is 0 Å². The highest BCUT2D eigenvalue weighted by Gasteiger charge is 2.33. The number of ketones is 1. The van der Waals surface area contributed by atoms with Gasteiger partial charge in [0.15, 0.2) is 5.78 Å². The minimum absolute atomic E-state index is 0.00847. The molecule has 4 rings (SSSR count). The van der Waals surface area contributed by atoms with Crippen molar-refractivity contribution in [2.45, 2.75) is 50.0 Å². The number of fused-ring (bicyclic) bond motifs is 1. The van der Waals surface area contributed by atoms with E-state index in [9.17, 15) is 13.2 Å². The van der Waals surface area contributed by atoms with Gasteiger partial charge in [-0.05, 0) is 61.1 Å². The summed E-state index contributed by atoms with van der Waals surface area (Å²) in [6, 6.07) is 9.93. The molecular formula is C22H24ClN3O3S2. The molecule has 0 saturated carbocycles. The highest BCUT2D eigenvalue weighted by Crippen LogP contribution is 2.34. The van der Waals surface area contributed by atoms with Gasteiger partial charge in [-0.25, -0.2) is 13.1 Å². The number of hydrazone groups is 1. The Morgan fingerprint density at radius 2 is 2.06 bits per heavy atom. The summed E-state index contributed by atoms with van der Waals surface area (Å²) in [6.45, 7) is 3.40. The van der Waals surface area contributed by atoms with E-state index in [1.54, 1.807) is 0 Å². The molecule has 164 valence electrons. The van der Waals surface area contributed by atoms with E-state index in [4.69, 9.17) is 11.6 Å². The highest BCUT2D eigenvalue weighted by molar-refractivity contribution is 8.14. The summed E-state index contributed by atoms with van der Waals surface area (Å²) >= 11 is 7.56. The Labute approximate surface area is 191 Å². The molecule has 31 heavy (non-hydrogen) atoms. The van der Waals surface area contributed by atoms with E-state index in [0.717, 1.165) is 24.8 Å². The van der Waals surface area contributed by atoms with Crippen LogP contribution in [-0.4, -0.2) is 31.2 Å². The van der Waals surface area contributed by atoms with Crippen molar-refractivity contribution < 1.29 is 13.2 Å². The topological polar surface area (TPSA) is 87.6 Å². The third-order valence-corrected chi connectivity index (χ3v) is 8.50. The standard InChI is InChI=1S/C22H24ClN3O3S2/c1-13(17-7-3-5-15-6-4-8-18(15)17)21(22-25-24-12-30-22)26-31(28,29)16-9-10-20(23)19(11-16)14(2)27/h3,5,7,9-11,13,21,24,26H,4,6,8,12H2,1-2H3/t13-,21+/m1/s1. The zero-order chi connectivity index (χ0) is 22.2. The van der Waals surface area contributed by atoms with Gasteiger partial charge in [-0.2, -0.15) is 5.10 Å². The Morgan fingerprint density at radius 3 is 2.77 bits per heavy atom. The minimum atomic E-state index is -3.92. The van der Waals surface area contributed by atoms with Gasteiger partial charge in [0.2, 0.25) is 10.0 Å². The normalized spacial score (nSPS) is 17.6. The number of carbonyl (C=O) groups excluding carboxylic acids is 1. The predicted molar refractivity (Wildman–Crippen MR) is 125 cm³/mol. The first-order chi connectivity index (χ1) is 14.8. The van der Waals surface area contributed by atoms with Crippen LogP contribution in [0, 0.1) is 0 Å². The Hall–Kier alpha value is -1.87. The molecule has 1 aliphatic carbocycles. The maximum atomic E-state index is 13.3. The third-order valence-electron chi connectivity index (χ3n) is 5.82. The second-order valence-corrected chi connectivity index (χ2v) is 10.9. The van der Waals surface area contributed by atoms with Crippen molar-refractivity contribution in [3.8, 4) is 0 Å². The zero-order valence-electron chi connectivity index (χ0n) is 17.3. The van der Waals surface area contributed by atoms with E-state index in [2.05, 4.69) is 27.4 Å². The number of Topliss-reactive ketones (excluding diaryl/α,β-unsaturated/α-hetero) is 1. The molecule has 0 radical (unpaired) electrons. The number of sulfonamides is 1. The van der Waals surface area contributed by atoms with Crippen molar-refractivity contribution in [2.75, 3.05) is 5.88 Å². The van der Waals surface area contributed by atoms with Gasteiger partial charge in [0.1, 0.15) is 5.04 Å². The number of thioether (sulfide) groups is 1. The molecule has 2 atom stereocenters. The van der Waals surface area contributed by atoms with Gasteiger partial charge in [0.25, 0.3) is 0 Å². The molecule has 6 nitrogen and oxygen atoms in total. The Bertz CT molecular complexity index is 1160. The summed E-state index contributed by atoms with van der Waals surface area (Å²) in [7, 11) is -3.92. The summed E-state index contributed by atoms with van der Waals surface area (Å²) in [6.07, 6.45) is 3.18. The van der Waals surface area contributed by atoms with Crippen LogP contribution in [0.1, 0.15) is 53.2 Å². The molecule has 2 N–H and O–H groups in total. The summed E-state index contributed by atoms with van der Waals surface area (Å²) in [5.41, 5.74) is 6.92. The summed E-state index contributed by atoms with van der Waals surface area (Å²) in [5, 5.41) is 5.28. The first-order valence-electron chi connectivity index (χ1n) is 10.1. The molecule has 2 aliphatic rings. The largest absolute Gasteiger partial charge is 0.299 e. The van der Waals surface area contributed by atoms with Gasteiger partial charge in [0.05, 0.1) is 21.8 Å². The lowest BCUT2D eigenvalue weighted by Crippen LogP contribution is -2.43. The fourth-order valence-electron chi connectivity index (χ4n) is 4.21. The first-order valence-corrected chi connectivity index (χ1v) is 13.0. The summed E-state index contributed by atoms with van der Waals surface area (Å²) in [5.74, 6) is 0.197. The number of nitrogens with one attached hydrogen (secondary N) is 2. The average molecular weight is 478 g/mol. The monoisotopic (exact) mass is 477 g/mol. The number of hydrogen-bond acceptors (Lipinski definition) is 6. The Balaban J connectivity index is 1.70. The van der Waals surface area contributed by atoms with Crippen molar-refractivity contribution in [2.24, 2.45) is 5.10 Å². The molecule has 0 spiro atoms. The van der Waals surface area contributed by atoms with E-state index >= 15 is 0 Å². The molecule has 0 amide bonds. The molecular weight excluding hydrogens is 454 g/mol. The van der Waals surface area contributed by atoms with E-state index in [-0.39, 0.29) is 27.2 Å². The van der Waals surface area contributed by atoms with Gasteiger partial charge in [-0.15, -0.1) is 0 Å². The van der Waals surface area contributed by atoms with Crippen molar-refractivity contribution in [3.63, 3.8) is 0 Å². The molecule has 1 aliphatic heterocycles. The molecule has 9 heteroatoms. The quantitative estimate of drug-likeness (QED) is 0.586. The van der Waals surface area contributed by atoms with E-state index < -0.39 is 16.1 Å². The summed E-state index contributed by atoms with van der Waals surface area (Å²) < 4.78 is 29.5. The van der Waals surface area contributed by atoms with Crippen LogP contribution in [0.5, 0.6) is 0 Å². The minimum Gasteiger partial charge on any atom is -0.299 e. The smallest absolute Gasteiger partial charge is 0.241 e. The number of carbonyl (C=O) groups is 1. The highest BCUT2D eigenvalue weighted by atomic mass is 35.5. The number of nitrogens with zero attached hydrogens (tertiary/aromatic N) is 1. The number of aryl methyl sites for hydroxylation is 1. The van der Waals surface area contributed by atoms with E-state index in [1.165, 1.54) is 48.0 Å². The SMILES string of the molecule is CC(=O)c1cc(S(=O)(=O)N[C@H](C2=NNCS2)[C@H](C)c2cccc3c2CCC3)ccc1Cl. The molecule has 0 bridgehead atoms. The van der Waals surface area contributed by atoms with Gasteiger partial charge in [-0.1, -0.05) is 48.5 Å². The van der Waals surface area contributed by atoms with Crippen LogP contribution in [0.2, 0.25) is 5.02 Å². The van der Waals surface area contributed by atoms with E-state index in [1.807, 2.05) is 13.0 Å². The van der Waals surface area contributed by atoms with Crippen molar-refractivity contribution in [1.82, 2.24) is 10.1 Å². The summed E-state index contributed by atoms with van der Waals surface area (Å²) in [4.78, 5) is 11.9. The molecule has 0 unspecified atom stereocenters. The van der Waals surface area contributed by atoms with Crippen molar-refractivity contribution in [3.05, 3.63) is 63.7 Å². The molecule has 1 heterocycles. The van der Waals surface area contributed by atoms with Crippen LogP contribution in [0.3, 0.4) is 0 Å². The van der Waals surface area contributed by atoms with Crippen LogP contribution in [0.15, 0.2) is 46.4 Å². The lowest BCUT2D eigenvalue weighted by Gasteiger charge is -2.26. The third kappa shape index (κ3) is 4.53. The van der Waals surface area contributed by atoms with Gasteiger partial charge in [0, 0.05) is 11.5 Å². The van der Waals surface area contributed by atoms with Crippen LogP contribution < -0.4 is 10.1 Å². The second-order valence-electron chi connectivity index (χ2n) is 7.82. The van der Waals surface area contributed by atoms with Gasteiger partial charge in [-0.3, -0.25) is 10.2 Å². The molecule has 2 aromatic rings. The van der Waals surface area contributed by atoms with Crippen LogP contribution >= 0.6 is 23.4 Å². The van der Waals surface area contributed by atoms with Crippen molar-refractivity contribution in [1.29, 1.82) is 0 Å². The molecule has 2 aromatic carbocycles. The number of rotatable bonds is 7. The van der Waals surface area contributed by atoms with Gasteiger partial charge >= 0.3 is 0 Å². The number of hydrogen-bond donors (Lipinski definition) is 2. The van der Waals surface area contributed by atoms with E-state index in [0.29, 0.717) is 10.9 Å². The molecule has 0 aromatic heterocycles. The number of halogens is 1. The maximum absolute atomic E-state index is 13.3. The fourth-order valence-corrected chi connectivity index (χ4v) is 6.69. The molecule has 0 fully saturated rings. The van der Waals surface area contributed by atoms with Crippen LogP contribution in [-0.2, 0) is 22.9 Å². The zero-order valence-corrected chi connectivity index (χ0v) is 19.7. The lowest BCUT2D eigenvalue weighted by molar-refractivity contribution is 0.101. The van der Waals surface area contributed by atoms with Gasteiger partial charge < -0.3 is 0 Å². The van der Waals surface area contributed by atoms with Crippen molar-refractivity contribution >= 4 is 44.2 Å².